The first-order valence-corrected chi connectivity index (χ1v) is 7.38. The van der Waals surface area contributed by atoms with Crippen LogP contribution in [0.2, 0.25) is 0 Å². The summed E-state index contributed by atoms with van der Waals surface area (Å²) in [6.45, 7) is 0. The fourth-order valence-corrected chi connectivity index (χ4v) is 3.38. The fourth-order valence-electron chi connectivity index (χ4n) is 2.71. The second-order valence-corrected chi connectivity index (χ2v) is 5.76. The highest BCUT2D eigenvalue weighted by Gasteiger charge is 2.24. The standard InChI is InChI=1S/C16H16OS/c17-16(9-12-7-8-18-11-12)15-6-5-13-3-1-2-4-14(13)10-15/h1-4,7-8,11,15H,5-6,9-10H2. The molecule has 0 aliphatic heterocycles. The molecule has 1 atom stereocenters. The van der Waals surface area contributed by atoms with Gasteiger partial charge in [0, 0.05) is 12.3 Å². The van der Waals surface area contributed by atoms with Gasteiger partial charge in [-0.1, -0.05) is 24.3 Å². The third-order valence-corrected chi connectivity index (χ3v) is 4.49. The molecule has 1 aliphatic rings. The lowest BCUT2D eigenvalue weighted by Crippen LogP contribution is -2.23. The third-order valence-electron chi connectivity index (χ3n) is 3.76. The number of thiophene rings is 1. The maximum atomic E-state index is 12.3. The molecule has 0 spiro atoms. The predicted molar refractivity (Wildman–Crippen MR) is 75.0 cm³/mol. The van der Waals surface area contributed by atoms with E-state index in [1.807, 2.05) is 5.38 Å². The largest absolute Gasteiger partial charge is 0.299 e. The Balaban J connectivity index is 1.70. The van der Waals surface area contributed by atoms with E-state index in [1.54, 1.807) is 11.3 Å². The van der Waals surface area contributed by atoms with Gasteiger partial charge in [-0.3, -0.25) is 4.79 Å². The van der Waals surface area contributed by atoms with Crippen molar-refractivity contribution in [3.63, 3.8) is 0 Å². The minimum Gasteiger partial charge on any atom is -0.299 e. The molecule has 0 amide bonds. The Morgan fingerprint density at radius 3 is 2.83 bits per heavy atom. The number of Topliss-reactive ketones (excluding diaryl/α,β-unsaturated/α-hetero) is 1. The molecule has 92 valence electrons. The second-order valence-electron chi connectivity index (χ2n) is 4.98. The van der Waals surface area contributed by atoms with Crippen LogP contribution in [0.25, 0.3) is 0 Å². The molecule has 1 unspecified atom stereocenters. The summed E-state index contributed by atoms with van der Waals surface area (Å²) in [7, 11) is 0. The minimum absolute atomic E-state index is 0.222. The van der Waals surface area contributed by atoms with E-state index in [2.05, 4.69) is 35.7 Å². The number of carbonyl (C=O) groups excluding carboxylic acids is 1. The summed E-state index contributed by atoms with van der Waals surface area (Å²) in [6, 6.07) is 10.6. The quantitative estimate of drug-likeness (QED) is 0.819. The number of hydrogen-bond donors (Lipinski definition) is 0. The first kappa shape index (κ1) is 11.7. The normalized spacial score (nSPS) is 18.3. The summed E-state index contributed by atoms with van der Waals surface area (Å²) < 4.78 is 0. The molecule has 2 aromatic rings. The van der Waals surface area contributed by atoms with E-state index in [-0.39, 0.29) is 5.92 Å². The number of rotatable bonds is 3. The Kier molecular flexibility index (Phi) is 3.28. The van der Waals surface area contributed by atoms with E-state index in [4.69, 9.17) is 0 Å². The first-order valence-electron chi connectivity index (χ1n) is 6.43. The summed E-state index contributed by atoms with van der Waals surface area (Å²) in [5.74, 6) is 0.628. The topological polar surface area (TPSA) is 17.1 Å². The number of ketones is 1. The molecule has 0 saturated heterocycles. The Bertz CT molecular complexity index is 542. The molecule has 1 heterocycles. The van der Waals surface area contributed by atoms with E-state index < -0.39 is 0 Å². The fraction of sp³-hybridized carbons (Fsp3) is 0.312. The average Bonchev–Trinajstić information content (AvgIpc) is 2.91. The van der Waals surface area contributed by atoms with Crippen LogP contribution in [-0.2, 0) is 24.1 Å². The van der Waals surface area contributed by atoms with Crippen molar-refractivity contribution in [2.45, 2.75) is 25.7 Å². The molecule has 0 radical (unpaired) electrons. The van der Waals surface area contributed by atoms with E-state index in [9.17, 15) is 4.79 Å². The van der Waals surface area contributed by atoms with Gasteiger partial charge in [-0.25, -0.2) is 0 Å². The van der Waals surface area contributed by atoms with Crippen LogP contribution in [0.5, 0.6) is 0 Å². The molecule has 18 heavy (non-hydrogen) atoms. The molecule has 1 aliphatic carbocycles. The van der Waals surface area contributed by atoms with Gasteiger partial charge in [0.15, 0.2) is 0 Å². The molecular weight excluding hydrogens is 240 g/mol. The van der Waals surface area contributed by atoms with Crippen LogP contribution in [-0.4, -0.2) is 5.78 Å². The van der Waals surface area contributed by atoms with E-state index in [1.165, 1.54) is 16.7 Å². The predicted octanol–water partition coefficient (Wildman–Crippen LogP) is 3.66. The summed E-state index contributed by atoms with van der Waals surface area (Å²) in [5.41, 5.74) is 3.97. The van der Waals surface area contributed by atoms with Crippen molar-refractivity contribution in [2.75, 3.05) is 0 Å². The van der Waals surface area contributed by atoms with Crippen molar-refractivity contribution in [1.82, 2.24) is 0 Å². The highest BCUT2D eigenvalue weighted by atomic mass is 32.1. The summed E-state index contributed by atoms with van der Waals surface area (Å²) >= 11 is 1.66. The molecule has 1 aromatic carbocycles. The van der Waals surface area contributed by atoms with E-state index >= 15 is 0 Å². The van der Waals surface area contributed by atoms with E-state index in [0.29, 0.717) is 12.2 Å². The smallest absolute Gasteiger partial charge is 0.140 e. The van der Waals surface area contributed by atoms with Crippen LogP contribution in [0.15, 0.2) is 41.1 Å². The lowest BCUT2D eigenvalue weighted by Gasteiger charge is -2.23. The van der Waals surface area contributed by atoms with Gasteiger partial charge in [-0.15, -0.1) is 0 Å². The molecule has 1 aromatic heterocycles. The monoisotopic (exact) mass is 256 g/mol. The van der Waals surface area contributed by atoms with Crippen LogP contribution < -0.4 is 0 Å². The van der Waals surface area contributed by atoms with Crippen LogP contribution in [0.4, 0.5) is 0 Å². The maximum absolute atomic E-state index is 12.3. The van der Waals surface area contributed by atoms with Crippen molar-refractivity contribution < 1.29 is 4.79 Å². The zero-order valence-electron chi connectivity index (χ0n) is 10.3. The van der Waals surface area contributed by atoms with Gasteiger partial charge in [0.2, 0.25) is 0 Å². The number of aryl methyl sites for hydroxylation is 1. The molecular formula is C16H16OS. The molecule has 1 nitrogen and oxygen atoms in total. The number of fused-ring (bicyclic) bond motifs is 1. The summed E-state index contributed by atoms with van der Waals surface area (Å²) in [5, 5.41) is 4.12. The van der Waals surface area contributed by atoms with Crippen molar-refractivity contribution in [1.29, 1.82) is 0 Å². The summed E-state index contributed by atoms with van der Waals surface area (Å²) in [4.78, 5) is 12.3. The molecule has 2 heteroatoms. The van der Waals surface area contributed by atoms with Crippen LogP contribution in [0, 0.1) is 5.92 Å². The van der Waals surface area contributed by atoms with Gasteiger partial charge in [0.25, 0.3) is 0 Å². The molecule has 0 fully saturated rings. The molecule has 0 saturated carbocycles. The third kappa shape index (κ3) is 2.39. The van der Waals surface area contributed by atoms with Crippen molar-refractivity contribution in [2.24, 2.45) is 5.92 Å². The first-order chi connectivity index (χ1) is 8.83. The second kappa shape index (κ2) is 5.07. The van der Waals surface area contributed by atoms with Gasteiger partial charge in [0.1, 0.15) is 5.78 Å². The van der Waals surface area contributed by atoms with Crippen molar-refractivity contribution in [3.8, 4) is 0 Å². The SMILES string of the molecule is O=C(Cc1ccsc1)C1CCc2ccccc2C1. The van der Waals surface area contributed by atoms with Crippen LogP contribution in [0.1, 0.15) is 23.1 Å². The summed E-state index contributed by atoms with van der Waals surface area (Å²) in [6.07, 6.45) is 3.60. The lowest BCUT2D eigenvalue weighted by atomic mass is 9.80. The zero-order valence-corrected chi connectivity index (χ0v) is 11.1. The highest BCUT2D eigenvalue weighted by molar-refractivity contribution is 7.07. The van der Waals surface area contributed by atoms with Gasteiger partial charge in [0.05, 0.1) is 0 Å². The highest BCUT2D eigenvalue weighted by Crippen LogP contribution is 2.26. The average molecular weight is 256 g/mol. The Morgan fingerprint density at radius 2 is 2.06 bits per heavy atom. The molecule has 0 bridgehead atoms. The Hall–Kier alpha value is -1.41. The molecule has 0 N–H and O–H groups in total. The van der Waals surface area contributed by atoms with Gasteiger partial charge in [-0.05, 0) is 52.8 Å². The van der Waals surface area contributed by atoms with Crippen LogP contribution in [0.3, 0.4) is 0 Å². The number of carbonyl (C=O) groups is 1. The van der Waals surface area contributed by atoms with Gasteiger partial charge >= 0.3 is 0 Å². The van der Waals surface area contributed by atoms with Crippen molar-refractivity contribution >= 4 is 17.1 Å². The van der Waals surface area contributed by atoms with Gasteiger partial charge in [-0.2, -0.15) is 11.3 Å². The van der Waals surface area contributed by atoms with E-state index in [0.717, 1.165) is 19.3 Å². The lowest BCUT2D eigenvalue weighted by molar-refractivity contribution is -0.122. The Labute approximate surface area is 111 Å². The number of hydrogen-bond acceptors (Lipinski definition) is 2. The maximum Gasteiger partial charge on any atom is 0.140 e. The molecule has 3 rings (SSSR count). The number of benzene rings is 1. The zero-order chi connectivity index (χ0) is 12.4. The Morgan fingerprint density at radius 1 is 1.22 bits per heavy atom. The van der Waals surface area contributed by atoms with Gasteiger partial charge < -0.3 is 0 Å². The van der Waals surface area contributed by atoms with Crippen molar-refractivity contribution in [3.05, 3.63) is 57.8 Å². The minimum atomic E-state index is 0.222. The van der Waals surface area contributed by atoms with Crippen LogP contribution >= 0.6 is 11.3 Å².